The molecule has 3 heterocycles. The molecular weight excluding hydrogens is 250 g/mol. The van der Waals surface area contributed by atoms with Crippen LogP contribution in [0.1, 0.15) is 0 Å². The van der Waals surface area contributed by atoms with Crippen molar-refractivity contribution in [3.05, 3.63) is 12.3 Å². The second-order valence-corrected chi connectivity index (χ2v) is 4.67. The number of hydrogen-bond donors (Lipinski definition) is 0. The zero-order valence-corrected chi connectivity index (χ0v) is 9.40. The summed E-state index contributed by atoms with van der Waals surface area (Å²) in [5.41, 5.74) is 0.571. The first kappa shape index (κ1) is 10.6. The van der Waals surface area contributed by atoms with Gasteiger partial charge in [0.15, 0.2) is 17.4 Å². The Balaban J connectivity index is 1.82. The first-order valence-electron chi connectivity index (χ1n) is 5.01. The highest BCUT2D eigenvalue weighted by Gasteiger charge is 2.34. The van der Waals surface area contributed by atoms with Crippen molar-refractivity contribution in [1.82, 2.24) is 15.4 Å². The molecule has 1 fully saturated rings. The van der Waals surface area contributed by atoms with Gasteiger partial charge in [-0.2, -0.15) is 0 Å². The molecule has 0 aliphatic carbocycles. The maximum Gasteiger partial charge on any atom is 0.208 e. The first-order valence-corrected chi connectivity index (χ1v) is 5.83. The predicted octanol–water partition coefficient (Wildman–Crippen LogP) is 1.69. The lowest BCUT2D eigenvalue weighted by Gasteiger charge is -2.10. The summed E-state index contributed by atoms with van der Waals surface area (Å²) in [4.78, 5) is 1.55. The van der Waals surface area contributed by atoms with Crippen molar-refractivity contribution in [2.45, 2.75) is 12.3 Å². The number of hydrogen-bond acceptors (Lipinski definition) is 6. The van der Waals surface area contributed by atoms with Gasteiger partial charge in [0, 0.05) is 6.07 Å². The van der Waals surface area contributed by atoms with E-state index in [0.29, 0.717) is 15.8 Å². The van der Waals surface area contributed by atoms with Crippen molar-refractivity contribution in [1.29, 1.82) is 0 Å². The number of alkyl halides is 2. The number of aromatic nitrogens is 3. The van der Waals surface area contributed by atoms with Crippen LogP contribution >= 0.6 is 11.3 Å². The van der Waals surface area contributed by atoms with E-state index in [0.717, 1.165) is 0 Å². The van der Waals surface area contributed by atoms with E-state index in [2.05, 4.69) is 15.4 Å². The number of nitrogens with zero attached hydrogens (tertiary/aromatic N) is 4. The number of halogens is 2. The van der Waals surface area contributed by atoms with Gasteiger partial charge in [0.25, 0.3) is 0 Å². The molecule has 5 nitrogen and oxygen atoms in total. The Morgan fingerprint density at radius 1 is 1.29 bits per heavy atom. The fourth-order valence-corrected chi connectivity index (χ4v) is 2.47. The maximum atomic E-state index is 13.0. The quantitative estimate of drug-likeness (QED) is 0.820. The van der Waals surface area contributed by atoms with Crippen molar-refractivity contribution in [3.63, 3.8) is 0 Å². The van der Waals surface area contributed by atoms with Crippen LogP contribution in [0.3, 0.4) is 0 Å². The van der Waals surface area contributed by atoms with Crippen LogP contribution in [0.2, 0.25) is 0 Å². The molecule has 0 spiro atoms. The third kappa shape index (κ3) is 1.88. The standard InChI is InChI=1S/C9H8F2N4OS/c10-5-3-15(4-6(5)11)9-13-12-8(17-9)7-1-2-16-14-7/h1-2,5-6H,3-4H2/t5-,6+. The molecule has 0 saturated carbocycles. The molecule has 0 aromatic carbocycles. The summed E-state index contributed by atoms with van der Waals surface area (Å²) in [6.45, 7) is 0.0449. The third-order valence-corrected chi connectivity index (χ3v) is 3.53. The summed E-state index contributed by atoms with van der Waals surface area (Å²) in [6.07, 6.45) is -1.47. The predicted molar refractivity (Wildman–Crippen MR) is 57.4 cm³/mol. The van der Waals surface area contributed by atoms with E-state index in [1.165, 1.54) is 17.6 Å². The van der Waals surface area contributed by atoms with E-state index in [1.807, 2.05) is 0 Å². The molecule has 1 saturated heterocycles. The van der Waals surface area contributed by atoms with E-state index >= 15 is 0 Å². The SMILES string of the molecule is F[C@@H]1CN(c2nnc(-c3ccon3)s2)C[C@@H]1F. The highest BCUT2D eigenvalue weighted by atomic mass is 32.1. The van der Waals surface area contributed by atoms with E-state index in [4.69, 9.17) is 4.52 Å². The highest BCUT2D eigenvalue weighted by molar-refractivity contribution is 7.18. The summed E-state index contributed by atoms with van der Waals surface area (Å²) in [7, 11) is 0. The molecule has 2 aromatic heterocycles. The molecule has 2 aromatic rings. The molecule has 1 aliphatic rings. The van der Waals surface area contributed by atoms with E-state index < -0.39 is 12.3 Å². The largest absolute Gasteiger partial charge is 0.364 e. The van der Waals surface area contributed by atoms with Gasteiger partial charge in [0.05, 0.1) is 13.1 Å². The van der Waals surface area contributed by atoms with Gasteiger partial charge in [0.2, 0.25) is 5.13 Å². The van der Waals surface area contributed by atoms with Crippen LogP contribution in [0.25, 0.3) is 10.7 Å². The summed E-state index contributed by atoms with van der Waals surface area (Å²) < 4.78 is 30.8. The van der Waals surface area contributed by atoms with Crippen LogP contribution in [-0.2, 0) is 0 Å². The van der Waals surface area contributed by atoms with Gasteiger partial charge in [-0.25, -0.2) is 8.78 Å². The van der Waals surface area contributed by atoms with E-state index in [1.54, 1.807) is 11.0 Å². The molecule has 17 heavy (non-hydrogen) atoms. The van der Waals surface area contributed by atoms with Gasteiger partial charge < -0.3 is 9.42 Å². The van der Waals surface area contributed by atoms with Crippen LogP contribution in [0.4, 0.5) is 13.9 Å². The zero-order valence-electron chi connectivity index (χ0n) is 8.58. The van der Waals surface area contributed by atoms with Crippen molar-refractivity contribution in [2.24, 2.45) is 0 Å². The Labute approximate surface area is 99.0 Å². The minimum absolute atomic E-state index is 0.0224. The minimum atomic E-state index is -1.45. The summed E-state index contributed by atoms with van der Waals surface area (Å²) >= 11 is 1.24. The lowest BCUT2D eigenvalue weighted by molar-refractivity contribution is 0.217. The Kier molecular flexibility index (Phi) is 2.50. The molecule has 1 aliphatic heterocycles. The van der Waals surface area contributed by atoms with Crippen LogP contribution < -0.4 is 4.90 Å². The summed E-state index contributed by atoms with van der Waals surface area (Å²) in [5, 5.41) is 12.6. The van der Waals surface area contributed by atoms with Crippen molar-refractivity contribution < 1.29 is 13.3 Å². The summed E-state index contributed by atoms with van der Waals surface area (Å²) in [6, 6.07) is 1.66. The van der Waals surface area contributed by atoms with E-state index in [-0.39, 0.29) is 13.1 Å². The van der Waals surface area contributed by atoms with Crippen LogP contribution in [0.15, 0.2) is 16.9 Å². The van der Waals surface area contributed by atoms with Gasteiger partial charge in [-0.05, 0) is 0 Å². The van der Waals surface area contributed by atoms with Gasteiger partial charge in [-0.1, -0.05) is 16.5 Å². The molecule has 0 unspecified atom stereocenters. The van der Waals surface area contributed by atoms with Crippen LogP contribution in [-0.4, -0.2) is 40.8 Å². The van der Waals surface area contributed by atoms with Gasteiger partial charge in [-0.3, -0.25) is 0 Å². The number of anilines is 1. The molecule has 0 radical (unpaired) electrons. The molecule has 90 valence electrons. The molecule has 0 amide bonds. The topological polar surface area (TPSA) is 55.1 Å². The Morgan fingerprint density at radius 3 is 2.71 bits per heavy atom. The van der Waals surface area contributed by atoms with Crippen molar-refractivity contribution in [2.75, 3.05) is 18.0 Å². The monoisotopic (exact) mass is 258 g/mol. The molecular formula is C9H8F2N4OS. The highest BCUT2D eigenvalue weighted by Crippen LogP contribution is 2.30. The fraction of sp³-hybridized carbons (Fsp3) is 0.444. The van der Waals surface area contributed by atoms with Crippen LogP contribution in [0, 0.1) is 0 Å². The maximum absolute atomic E-state index is 13.0. The first-order chi connectivity index (χ1) is 8.24. The average Bonchev–Trinajstić information content (AvgIpc) is 3.00. The van der Waals surface area contributed by atoms with Crippen molar-refractivity contribution >= 4 is 16.5 Å². The average molecular weight is 258 g/mol. The van der Waals surface area contributed by atoms with Gasteiger partial charge in [-0.15, -0.1) is 10.2 Å². The van der Waals surface area contributed by atoms with Crippen LogP contribution in [0.5, 0.6) is 0 Å². The minimum Gasteiger partial charge on any atom is -0.364 e. The second kappa shape index (κ2) is 4.02. The molecule has 8 heteroatoms. The van der Waals surface area contributed by atoms with Gasteiger partial charge in [0.1, 0.15) is 12.0 Å². The second-order valence-electron chi connectivity index (χ2n) is 3.71. The fourth-order valence-electron chi connectivity index (χ4n) is 1.65. The molecule has 2 atom stereocenters. The molecule has 0 bridgehead atoms. The lowest BCUT2D eigenvalue weighted by atomic mass is 10.3. The van der Waals surface area contributed by atoms with E-state index in [9.17, 15) is 8.78 Å². The molecule has 3 rings (SSSR count). The van der Waals surface area contributed by atoms with Crippen molar-refractivity contribution in [3.8, 4) is 10.7 Å². The number of rotatable bonds is 2. The summed E-state index contributed by atoms with van der Waals surface area (Å²) in [5.74, 6) is 0. The van der Waals surface area contributed by atoms with Gasteiger partial charge >= 0.3 is 0 Å². The Morgan fingerprint density at radius 2 is 2.06 bits per heavy atom. The lowest BCUT2D eigenvalue weighted by Crippen LogP contribution is -2.19. The Hall–Kier alpha value is -1.57. The normalized spacial score (nSPS) is 24.5. The smallest absolute Gasteiger partial charge is 0.208 e. The Bertz CT molecular complexity index is 493. The zero-order chi connectivity index (χ0) is 11.8. The molecule has 0 N–H and O–H groups in total. The third-order valence-electron chi connectivity index (χ3n) is 2.52.